The minimum absolute atomic E-state index is 0.0675. The molecule has 0 radical (unpaired) electrons. The summed E-state index contributed by atoms with van der Waals surface area (Å²) < 4.78 is 7.28. The first-order valence-corrected chi connectivity index (χ1v) is 9.26. The summed E-state index contributed by atoms with van der Waals surface area (Å²) in [5, 5.41) is 20.5. The van der Waals surface area contributed by atoms with E-state index in [1.807, 2.05) is 28.8 Å². The van der Waals surface area contributed by atoms with Crippen LogP contribution in [0.15, 0.2) is 54.7 Å². The zero-order chi connectivity index (χ0) is 21.3. The standard InChI is InChI=1S/C22H19N3O5/c23-20(26)6-8-25-18-9-13(14-5-7-24-21(27)10-14)1-3-16(18)17-4-2-15(11-19(17)25)30-12-22(28)29/h1-5,7,9-11H,6,8,12H2,(H2,23,26)(H,24,27)(H,28,29). The molecule has 0 unspecified atom stereocenters. The number of amides is 1. The maximum absolute atomic E-state index is 11.4. The molecular weight excluding hydrogens is 386 g/mol. The molecule has 4 rings (SSSR count). The second-order valence-corrected chi connectivity index (χ2v) is 6.86. The van der Waals surface area contributed by atoms with Crippen LogP contribution in [0.5, 0.6) is 11.6 Å². The van der Waals surface area contributed by atoms with Gasteiger partial charge in [0.05, 0.1) is 5.52 Å². The summed E-state index contributed by atoms with van der Waals surface area (Å²) in [5.74, 6) is -1.12. The van der Waals surface area contributed by atoms with E-state index in [9.17, 15) is 14.7 Å². The quantitative estimate of drug-likeness (QED) is 0.434. The number of aromatic hydroxyl groups is 1. The molecule has 0 aliphatic rings. The van der Waals surface area contributed by atoms with E-state index in [1.54, 1.807) is 24.3 Å². The molecule has 8 heteroatoms. The van der Waals surface area contributed by atoms with Gasteiger partial charge in [-0.15, -0.1) is 0 Å². The molecule has 4 aromatic rings. The van der Waals surface area contributed by atoms with E-state index >= 15 is 0 Å². The summed E-state index contributed by atoms with van der Waals surface area (Å²) in [6.07, 6.45) is 1.68. The molecule has 0 aliphatic heterocycles. The lowest BCUT2D eigenvalue weighted by Crippen LogP contribution is -2.14. The molecule has 0 bridgehead atoms. The molecule has 0 saturated heterocycles. The van der Waals surface area contributed by atoms with Gasteiger partial charge in [0.2, 0.25) is 11.8 Å². The molecule has 0 atom stereocenters. The SMILES string of the molecule is NC(=O)CCn1c2cc(OCC(=O)O)ccc2c2ccc(-c3ccnc(O)c3)cc21. The van der Waals surface area contributed by atoms with Crippen molar-refractivity contribution in [3.05, 3.63) is 54.7 Å². The number of carbonyl (C=O) groups is 2. The highest BCUT2D eigenvalue weighted by Gasteiger charge is 2.14. The number of benzene rings is 2. The molecule has 0 fully saturated rings. The van der Waals surface area contributed by atoms with Crippen LogP contribution in [0.2, 0.25) is 0 Å². The molecule has 2 aromatic carbocycles. The van der Waals surface area contributed by atoms with Crippen LogP contribution < -0.4 is 10.5 Å². The number of nitrogens with zero attached hydrogens (tertiary/aromatic N) is 2. The van der Waals surface area contributed by atoms with Gasteiger partial charge >= 0.3 is 5.97 Å². The van der Waals surface area contributed by atoms with Crippen molar-refractivity contribution < 1.29 is 24.5 Å². The van der Waals surface area contributed by atoms with Gasteiger partial charge in [-0.3, -0.25) is 4.79 Å². The highest BCUT2D eigenvalue weighted by Crippen LogP contribution is 2.34. The Kier molecular flexibility index (Phi) is 4.97. The number of rotatable bonds is 7. The number of aromatic nitrogens is 2. The van der Waals surface area contributed by atoms with E-state index in [4.69, 9.17) is 15.6 Å². The molecule has 0 spiro atoms. The lowest BCUT2D eigenvalue weighted by atomic mass is 10.0. The number of nitrogens with two attached hydrogens (primary N) is 1. The van der Waals surface area contributed by atoms with Crippen molar-refractivity contribution in [2.45, 2.75) is 13.0 Å². The van der Waals surface area contributed by atoms with Gasteiger partial charge in [0.1, 0.15) is 5.75 Å². The molecule has 0 aliphatic carbocycles. The molecular formula is C22H19N3O5. The number of hydrogen-bond acceptors (Lipinski definition) is 5. The molecule has 2 heterocycles. The van der Waals surface area contributed by atoms with Crippen LogP contribution in [0.25, 0.3) is 32.9 Å². The number of fused-ring (bicyclic) bond motifs is 3. The average Bonchev–Trinajstić information content (AvgIpc) is 3.02. The lowest BCUT2D eigenvalue weighted by Gasteiger charge is -2.09. The van der Waals surface area contributed by atoms with Gasteiger partial charge in [-0.25, -0.2) is 9.78 Å². The molecule has 4 N–H and O–H groups in total. The van der Waals surface area contributed by atoms with Gasteiger partial charge in [0.15, 0.2) is 6.61 Å². The van der Waals surface area contributed by atoms with Crippen LogP contribution >= 0.6 is 0 Å². The first-order chi connectivity index (χ1) is 14.4. The van der Waals surface area contributed by atoms with Crippen molar-refractivity contribution in [3.8, 4) is 22.8 Å². The van der Waals surface area contributed by atoms with Crippen molar-refractivity contribution in [2.75, 3.05) is 6.61 Å². The van der Waals surface area contributed by atoms with Crippen LogP contribution in [0, 0.1) is 0 Å². The Morgan fingerprint density at radius 2 is 1.70 bits per heavy atom. The van der Waals surface area contributed by atoms with E-state index in [2.05, 4.69) is 4.98 Å². The van der Waals surface area contributed by atoms with Crippen LogP contribution in [-0.2, 0) is 16.1 Å². The zero-order valence-corrected chi connectivity index (χ0v) is 15.9. The van der Waals surface area contributed by atoms with E-state index in [1.165, 1.54) is 6.20 Å². The fourth-order valence-electron chi connectivity index (χ4n) is 3.55. The summed E-state index contributed by atoms with van der Waals surface area (Å²) in [5.41, 5.74) is 8.75. The monoisotopic (exact) mass is 405 g/mol. The smallest absolute Gasteiger partial charge is 0.341 e. The molecule has 1 amide bonds. The number of primary amides is 1. The predicted octanol–water partition coefficient (Wildman–Crippen LogP) is 2.90. The van der Waals surface area contributed by atoms with E-state index < -0.39 is 18.5 Å². The Bertz CT molecular complexity index is 1280. The third-order valence-electron chi connectivity index (χ3n) is 4.86. The Morgan fingerprint density at radius 1 is 1.00 bits per heavy atom. The van der Waals surface area contributed by atoms with Crippen LogP contribution in [0.1, 0.15) is 6.42 Å². The number of pyridine rings is 1. The van der Waals surface area contributed by atoms with Crippen LogP contribution in [0.3, 0.4) is 0 Å². The Morgan fingerprint density at radius 3 is 2.40 bits per heavy atom. The average molecular weight is 405 g/mol. The van der Waals surface area contributed by atoms with Gasteiger partial charge in [0, 0.05) is 47.6 Å². The first kappa shape index (κ1) is 19.3. The highest BCUT2D eigenvalue weighted by atomic mass is 16.5. The largest absolute Gasteiger partial charge is 0.493 e. The minimum atomic E-state index is -1.06. The van der Waals surface area contributed by atoms with Gasteiger partial charge in [-0.05, 0) is 35.4 Å². The number of carboxylic acids is 1. The van der Waals surface area contributed by atoms with E-state index in [0.717, 1.165) is 32.9 Å². The topological polar surface area (TPSA) is 128 Å². The predicted molar refractivity (Wildman–Crippen MR) is 111 cm³/mol. The number of aryl methyl sites for hydroxylation is 1. The van der Waals surface area contributed by atoms with Crippen molar-refractivity contribution in [1.82, 2.24) is 9.55 Å². The fraction of sp³-hybridized carbons (Fsp3) is 0.136. The summed E-state index contributed by atoms with van der Waals surface area (Å²) in [6.45, 7) is -0.0779. The van der Waals surface area contributed by atoms with E-state index in [-0.39, 0.29) is 12.3 Å². The van der Waals surface area contributed by atoms with Crippen molar-refractivity contribution >= 4 is 33.7 Å². The Balaban J connectivity index is 1.88. The Labute approximate surface area is 171 Å². The second-order valence-electron chi connectivity index (χ2n) is 6.86. The summed E-state index contributed by atoms with van der Waals surface area (Å²) in [6, 6.07) is 14.6. The number of ether oxygens (including phenoxy) is 1. The normalized spacial score (nSPS) is 11.1. The number of aliphatic carboxylic acids is 1. The number of carboxylic acid groups (broad SMARTS) is 1. The minimum Gasteiger partial charge on any atom is -0.493 e. The molecule has 0 saturated carbocycles. The second kappa shape index (κ2) is 7.75. The third-order valence-corrected chi connectivity index (χ3v) is 4.86. The number of carbonyl (C=O) groups excluding carboxylic acids is 1. The van der Waals surface area contributed by atoms with Gasteiger partial charge < -0.3 is 25.3 Å². The van der Waals surface area contributed by atoms with E-state index in [0.29, 0.717) is 12.3 Å². The first-order valence-electron chi connectivity index (χ1n) is 9.26. The highest BCUT2D eigenvalue weighted by molar-refractivity contribution is 6.09. The molecule has 2 aromatic heterocycles. The van der Waals surface area contributed by atoms with Crippen molar-refractivity contribution in [2.24, 2.45) is 5.73 Å². The summed E-state index contributed by atoms with van der Waals surface area (Å²) in [7, 11) is 0. The maximum Gasteiger partial charge on any atom is 0.341 e. The summed E-state index contributed by atoms with van der Waals surface area (Å²) in [4.78, 5) is 26.0. The van der Waals surface area contributed by atoms with Crippen molar-refractivity contribution in [1.29, 1.82) is 0 Å². The molecule has 8 nitrogen and oxygen atoms in total. The van der Waals surface area contributed by atoms with Gasteiger partial charge in [-0.2, -0.15) is 0 Å². The lowest BCUT2D eigenvalue weighted by molar-refractivity contribution is -0.139. The third kappa shape index (κ3) is 3.75. The van der Waals surface area contributed by atoms with Crippen LogP contribution in [-0.4, -0.2) is 38.2 Å². The molecule has 152 valence electrons. The zero-order valence-electron chi connectivity index (χ0n) is 15.9. The van der Waals surface area contributed by atoms with Crippen LogP contribution in [0.4, 0.5) is 0 Å². The molecule has 30 heavy (non-hydrogen) atoms. The van der Waals surface area contributed by atoms with Gasteiger partial charge in [-0.1, -0.05) is 12.1 Å². The van der Waals surface area contributed by atoms with Gasteiger partial charge in [0.25, 0.3) is 0 Å². The van der Waals surface area contributed by atoms with Crippen molar-refractivity contribution in [3.63, 3.8) is 0 Å². The summed E-state index contributed by atoms with van der Waals surface area (Å²) >= 11 is 0. The number of hydrogen-bond donors (Lipinski definition) is 3. The Hall–Kier alpha value is -4.07. The maximum atomic E-state index is 11.4. The fourth-order valence-corrected chi connectivity index (χ4v) is 3.55.